The number of hydrogen-bond donors (Lipinski definition) is 2. The summed E-state index contributed by atoms with van der Waals surface area (Å²) in [5.41, 5.74) is 11.9. The van der Waals surface area contributed by atoms with Crippen molar-refractivity contribution in [1.29, 1.82) is 0 Å². The first kappa shape index (κ1) is 5.58. The number of hydrogen-bond acceptors (Lipinski definition) is 2. The van der Waals surface area contributed by atoms with Gasteiger partial charge in [-0.3, -0.25) is 0 Å². The van der Waals surface area contributed by atoms with Gasteiger partial charge in [0.1, 0.15) is 5.69 Å². The highest BCUT2D eigenvalue weighted by Crippen LogP contribution is 2.14. The molecule has 0 bridgehead atoms. The molecule has 0 saturated heterocycles. The maximum absolute atomic E-state index is 5.67. The minimum Gasteiger partial charge on any atom is -0.391 e. The summed E-state index contributed by atoms with van der Waals surface area (Å²) in [6.07, 6.45) is 3.06. The van der Waals surface area contributed by atoms with E-state index in [1.165, 1.54) is 6.42 Å². The van der Waals surface area contributed by atoms with Crippen LogP contribution in [0.4, 0.5) is 11.5 Å². The van der Waals surface area contributed by atoms with Crippen LogP contribution in [0.5, 0.6) is 0 Å². The molecule has 0 radical (unpaired) electrons. The lowest BCUT2D eigenvalue weighted by molar-refractivity contribution is -0.756. The largest absolute Gasteiger partial charge is 0.391 e. The molecule has 4 N–H and O–H groups in total. The number of rotatable bonds is 0. The predicted molar refractivity (Wildman–Crippen MR) is 38.1 cm³/mol. The van der Waals surface area contributed by atoms with E-state index in [-0.39, 0.29) is 0 Å². The Kier molecular flexibility index (Phi) is 0.922. The van der Waals surface area contributed by atoms with Gasteiger partial charge in [0, 0.05) is 6.42 Å². The van der Waals surface area contributed by atoms with Crippen molar-refractivity contribution in [2.45, 2.75) is 19.5 Å². The summed E-state index contributed by atoms with van der Waals surface area (Å²) in [6, 6.07) is 0. The Balaban J connectivity index is 2.59. The fraction of sp³-hybridized carbons (Fsp3) is 0.500. The minimum absolute atomic E-state index is 0.694. The van der Waals surface area contributed by atoms with Crippen molar-refractivity contribution in [3.63, 3.8) is 0 Å². The van der Waals surface area contributed by atoms with Crippen LogP contribution in [0, 0.1) is 0 Å². The summed E-state index contributed by atoms with van der Waals surface area (Å²) in [4.78, 5) is 0. The molecule has 1 aliphatic rings. The van der Waals surface area contributed by atoms with Gasteiger partial charge in [-0.15, -0.1) is 9.36 Å². The highest BCUT2D eigenvalue weighted by atomic mass is 15.4. The van der Waals surface area contributed by atoms with E-state index in [0.29, 0.717) is 11.5 Å². The summed E-state index contributed by atoms with van der Waals surface area (Å²) in [7, 11) is 0. The molecule has 1 aromatic rings. The van der Waals surface area contributed by atoms with Crippen LogP contribution in [0.25, 0.3) is 0 Å². The lowest BCUT2D eigenvalue weighted by atomic mass is 10.4. The van der Waals surface area contributed by atoms with E-state index in [9.17, 15) is 0 Å². The van der Waals surface area contributed by atoms with Gasteiger partial charge < -0.3 is 11.5 Å². The molecular weight excluding hydrogens is 128 g/mol. The van der Waals surface area contributed by atoms with Crippen molar-refractivity contribution in [2.75, 3.05) is 11.5 Å². The van der Waals surface area contributed by atoms with Gasteiger partial charge in [0.05, 0.1) is 6.54 Å². The van der Waals surface area contributed by atoms with Crippen LogP contribution < -0.4 is 16.1 Å². The van der Waals surface area contributed by atoms with Crippen LogP contribution in [-0.2, 0) is 13.1 Å². The van der Waals surface area contributed by atoms with E-state index in [1.54, 1.807) is 0 Å². The summed E-state index contributed by atoms with van der Waals surface area (Å²) in [6.45, 7) is 2.05. The van der Waals surface area contributed by atoms with Crippen LogP contribution in [0.3, 0.4) is 0 Å². The van der Waals surface area contributed by atoms with Crippen LogP contribution in [0.2, 0.25) is 0 Å². The van der Waals surface area contributed by atoms with Crippen LogP contribution in [0.15, 0.2) is 6.20 Å². The first-order valence-corrected chi connectivity index (χ1v) is 3.43. The predicted octanol–water partition coefficient (Wildman–Crippen LogP) is -0.656. The van der Waals surface area contributed by atoms with Gasteiger partial charge in [-0.2, -0.15) is 0 Å². The van der Waals surface area contributed by atoms with Gasteiger partial charge in [0.2, 0.25) is 6.20 Å². The van der Waals surface area contributed by atoms with Crippen LogP contribution in [0.1, 0.15) is 6.42 Å². The average Bonchev–Trinajstić information content (AvgIpc) is 2.41. The van der Waals surface area contributed by atoms with E-state index in [4.69, 9.17) is 11.5 Å². The third-order valence-corrected chi connectivity index (χ3v) is 1.93. The van der Waals surface area contributed by atoms with Crippen molar-refractivity contribution in [3.8, 4) is 0 Å². The Morgan fingerprint density at radius 3 is 3.00 bits per heavy atom. The Morgan fingerprint density at radius 1 is 1.50 bits per heavy atom. The van der Waals surface area contributed by atoms with E-state index in [2.05, 4.69) is 4.68 Å². The Bertz CT molecular complexity index is 263. The van der Waals surface area contributed by atoms with Crippen molar-refractivity contribution in [1.82, 2.24) is 4.68 Å². The molecule has 4 nitrogen and oxygen atoms in total. The molecule has 0 amide bonds. The fourth-order valence-electron chi connectivity index (χ4n) is 1.40. The lowest BCUT2D eigenvalue weighted by Gasteiger charge is -1.90. The molecule has 1 aromatic heterocycles. The van der Waals surface area contributed by atoms with Gasteiger partial charge in [-0.1, -0.05) is 0 Å². The van der Waals surface area contributed by atoms with E-state index < -0.39 is 0 Å². The molecule has 0 spiro atoms. The van der Waals surface area contributed by atoms with Crippen molar-refractivity contribution in [2.24, 2.45) is 0 Å². The van der Waals surface area contributed by atoms with Gasteiger partial charge in [0.15, 0.2) is 12.4 Å². The Morgan fingerprint density at radius 2 is 2.30 bits per heavy atom. The average molecular weight is 139 g/mol. The molecular formula is C6H11N4+. The molecule has 0 fully saturated rings. The molecule has 0 aliphatic carbocycles. The van der Waals surface area contributed by atoms with Crippen LogP contribution in [-0.4, -0.2) is 4.68 Å². The second-order valence-corrected chi connectivity index (χ2v) is 2.61. The standard InChI is InChI=1S/C6H10N4/c7-5-4-9-2-1-3-10(9)6(5)8/h4,8H,1-3,7H2/p+1. The van der Waals surface area contributed by atoms with Gasteiger partial charge in [0.25, 0.3) is 0 Å². The molecule has 54 valence electrons. The smallest absolute Gasteiger partial charge is 0.220 e. The molecule has 0 saturated carbocycles. The van der Waals surface area contributed by atoms with E-state index in [1.807, 2.05) is 10.9 Å². The number of fused-ring (bicyclic) bond motifs is 1. The fourth-order valence-corrected chi connectivity index (χ4v) is 1.40. The lowest BCUT2D eigenvalue weighted by Crippen LogP contribution is -2.36. The molecule has 1 aliphatic heterocycles. The number of aromatic nitrogens is 2. The van der Waals surface area contributed by atoms with Crippen LogP contribution >= 0.6 is 0 Å². The maximum atomic E-state index is 5.67. The maximum Gasteiger partial charge on any atom is 0.220 e. The first-order valence-electron chi connectivity index (χ1n) is 3.43. The molecule has 2 heterocycles. The number of nitrogens with two attached hydrogens (primary N) is 2. The third kappa shape index (κ3) is 0.531. The monoisotopic (exact) mass is 139 g/mol. The second-order valence-electron chi connectivity index (χ2n) is 2.61. The highest BCUT2D eigenvalue weighted by Gasteiger charge is 2.22. The van der Waals surface area contributed by atoms with Crippen molar-refractivity contribution in [3.05, 3.63) is 6.20 Å². The molecule has 0 unspecified atom stereocenters. The topological polar surface area (TPSA) is 60.8 Å². The third-order valence-electron chi connectivity index (χ3n) is 1.93. The molecule has 4 heteroatoms. The highest BCUT2D eigenvalue weighted by molar-refractivity contribution is 5.55. The number of aryl methyl sites for hydroxylation is 1. The first-order chi connectivity index (χ1) is 4.79. The zero-order valence-electron chi connectivity index (χ0n) is 5.75. The molecule has 2 rings (SSSR count). The number of anilines is 2. The zero-order chi connectivity index (χ0) is 7.14. The van der Waals surface area contributed by atoms with Gasteiger partial charge in [-0.05, 0) is 0 Å². The van der Waals surface area contributed by atoms with E-state index >= 15 is 0 Å². The summed E-state index contributed by atoms with van der Waals surface area (Å²) in [5.74, 6) is 0.706. The summed E-state index contributed by atoms with van der Waals surface area (Å²) in [5, 5.41) is 0. The Labute approximate surface area is 59.0 Å². The Hall–Kier alpha value is -1.19. The van der Waals surface area contributed by atoms with Crippen molar-refractivity contribution >= 4 is 11.5 Å². The molecule has 10 heavy (non-hydrogen) atoms. The van der Waals surface area contributed by atoms with Gasteiger partial charge in [-0.25, -0.2) is 0 Å². The summed E-state index contributed by atoms with van der Waals surface area (Å²) < 4.78 is 4.07. The molecule has 0 atom stereocenters. The van der Waals surface area contributed by atoms with E-state index in [0.717, 1.165) is 13.1 Å². The second kappa shape index (κ2) is 1.65. The zero-order valence-corrected chi connectivity index (χ0v) is 5.75. The minimum atomic E-state index is 0.694. The quantitative estimate of drug-likeness (QED) is 0.469. The normalized spacial score (nSPS) is 15.6. The number of nitrogens with zero attached hydrogens (tertiary/aromatic N) is 2. The van der Waals surface area contributed by atoms with Crippen molar-refractivity contribution < 1.29 is 4.68 Å². The SMILES string of the molecule is Nc1c[n+]2n(c1N)CCC2. The number of nitrogen functional groups attached to an aromatic ring is 2. The summed E-state index contributed by atoms with van der Waals surface area (Å²) >= 11 is 0. The molecule has 0 aromatic carbocycles. The van der Waals surface area contributed by atoms with Gasteiger partial charge >= 0.3 is 0 Å².